The summed E-state index contributed by atoms with van der Waals surface area (Å²) in [6, 6.07) is 8.04. The first-order valence-corrected chi connectivity index (χ1v) is 5.69. The van der Waals surface area contributed by atoms with E-state index in [0.717, 1.165) is 30.4 Å². The van der Waals surface area contributed by atoms with Crippen LogP contribution in [0.15, 0.2) is 29.4 Å². The van der Waals surface area contributed by atoms with Crippen LogP contribution in [0, 0.1) is 4.91 Å². The van der Waals surface area contributed by atoms with Gasteiger partial charge in [0.2, 0.25) is 0 Å². The molecule has 0 radical (unpaired) electrons. The molecule has 0 amide bonds. The molecule has 1 aromatic carbocycles. The minimum Gasteiger partial charge on any atom is -0.380 e. The number of nitroso groups, excluding NO2 is 1. The summed E-state index contributed by atoms with van der Waals surface area (Å²) in [5.74, 6) is 0. The molecule has 0 fully saturated rings. The minimum atomic E-state index is -0.0946. The Kier molecular flexibility index (Phi) is 5.72. The Hall–Kier alpha value is -1.22. The first-order chi connectivity index (χ1) is 7.80. The Morgan fingerprint density at radius 1 is 1.38 bits per heavy atom. The first-order valence-electron chi connectivity index (χ1n) is 5.69. The van der Waals surface area contributed by atoms with Crippen LogP contribution in [0.2, 0.25) is 0 Å². The molecule has 1 rings (SSSR count). The molecule has 0 aliphatic carbocycles. The monoisotopic (exact) mass is 221 g/mol. The van der Waals surface area contributed by atoms with Crippen LogP contribution in [-0.2, 0) is 17.8 Å². The van der Waals surface area contributed by atoms with Gasteiger partial charge in [0.05, 0.1) is 12.6 Å². The lowest BCUT2D eigenvalue weighted by Gasteiger charge is -2.08. The van der Waals surface area contributed by atoms with E-state index in [1.54, 1.807) is 7.11 Å². The number of hydrogen-bond acceptors (Lipinski definition) is 3. The van der Waals surface area contributed by atoms with Gasteiger partial charge in [-0.05, 0) is 24.0 Å². The van der Waals surface area contributed by atoms with E-state index in [9.17, 15) is 4.91 Å². The summed E-state index contributed by atoms with van der Waals surface area (Å²) in [5.41, 5.74) is 2.30. The average Bonchev–Trinajstić information content (AvgIpc) is 2.29. The third kappa shape index (κ3) is 4.11. The lowest BCUT2D eigenvalue weighted by molar-refractivity contribution is 0.185. The van der Waals surface area contributed by atoms with Gasteiger partial charge in [-0.25, -0.2) is 0 Å². The molecule has 16 heavy (non-hydrogen) atoms. The minimum absolute atomic E-state index is 0.0946. The SMILES string of the molecule is CCCC(Cc1cccc(COC)c1)N=O. The molecule has 0 bridgehead atoms. The Bertz CT molecular complexity index is 325. The van der Waals surface area contributed by atoms with E-state index in [-0.39, 0.29) is 6.04 Å². The van der Waals surface area contributed by atoms with E-state index in [2.05, 4.69) is 18.2 Å². The standard InChI is InChI=1S/C13H19NO2/c1-3-5-13(14-15)9-11-6-4-7-12(8-11)10-16-2/h4,6-8,13H,3,5,9-10H2,1-2H3. The van der Waals surface area contributed by atoms with Crippen molar-refractivity contribution in [3.8, 4) is 0 Å². The maximum Gasteiger partial charge on any atom is 0.0959 e. The highest BCUT2D eigenvalue weighted by Crippen LogP contribution is 2.13. The topological polar surface area (TPSA) is 38.7 Å². The maximum atomic E-state index is 10.6. The predicted octanol–water partition coefficient (Wildman–Crippen LogP) is 3.31. The zero-order valence-corrected chi connectivity index (χ0v) is 9.98. The lowest BCUT2D eigenvalue weighted by Crippen LogP contribution is -2.07. The van der Waals surface area contributed by atoms with Gasteiger partial charge < -0.3 is 4.74 Å². The van der Waals surface area contributed by atoms with Crippen LogP contribution in [0.3, 0.4) is 0 Å². The summed E-state index contributed by atoms with van der Waals surface area (Å²) in [5, 5.41) is 3.17. The zero-order valence-electron chi connectivity index (χ0n) is 9.98. The van der Waals surface area contributed by atoms with Crippen LogP contribution in [0.1, 0.15) is 30.9 Å². The van der Waals surface area contributed by atoms with Crippen molar-refractivity contribution in [2.24, 2.45) is 5.18 Å². The number of methoxy groups -OCH3 is 1. The molecule has 0 saturated heterocycles. The van der Waals surface area contributed by atoms with Gasteiger partial charge in [-0.15, -0.1) is 0 Å². The van der Waals surface area contributed by atoms with Gasteiger partial charge in [0.25, 0.3) is 0 Å². The molecule has 3 heteroatoms. The van der Waals surface area contributed by atoms with Gasteiger partial charge in [-0.2, -0.15) is 4.91 Å². The molecule has 88 valence electrons. The van der Waals surface area contributed by atoms with E-state index in [1.807, 2.05) is 18.2 Å². The molecule has 0 spiro atoms. The molecule has 0 N–H and O–H groups in total. The molecule has 0 saturated carbocycles. The number of benzene rings is 1. The van der Waals surface area contributed by atoms with Crippen molar-refractivity contribution in [1.29, 1.82) is 0 Å². The van der Waals surface area contributed by atoms with E-state index in [4.69, 9.17) is 4.74 Å². The number of rotatable bonds is 7. The highest BCUT2D eigenvalue weighted by atomic mass is 16.5. The molecule has 0 aliphatic rings. The molecule has 1 aromatic rings. The summed E-state index contributed by atoms with van der Waals surface area (Å²) in [4.78, 5) is 10.6. The molecular formula is C13H19NO2. The summed E-state index contributed by atoms with van der Waals surface area (Å²) in [6.45, 7) is 2.68. The molecule has 0 heterocycles. The van der Waals surface area contributed by atoms with Crippen molar-refractivity contribution in [2.75, 3.05) is 7.11 Å². The molecule has 1 unspecified atom stereocenters. The fraction of sp³-hybridized carbons (Fsp3) is 0.538. The van der Waals surface area contributed by atoms with Crippen molar-refractivity contribution in [3.63, 3.8) is 0 Å². The van der Waals surface area contributed by atoms with Crippen LogP contribution >= 0.6 is 0 Å². The van der Waals surface area contributed by atoms with E-state index >= 15 is 0 Å². The summed E-state index contributed by atoms with van der Waals surface area (Å²) >= 11 is 0. The van der Waals surface area contributed by atoms with Gasteiger partial charge in [-0.3, -0.25) is 0 Å². The highest BCUT2D eigenvalue weighted by molar-refractivity contribution is 5.23. The third-order valence-electron chi connectivity index (χ3n) is 2.54. The third-order valence-corrected chi connectivity index (χ3v) is 2.54. The second-order valence-electron chi connectivity index (χ2n) is 4.00. The largest absolute Gasteiger partial charge is 0.380 e. The Balaban J connectivity index is 2.64. The van der Waals surface area contributed by atoms with E-state index in [1.165, 1.54) is 0 Å². The Morgan fingerprint density at radius 2 is 2.12 bits per heavy atom. The van der Waals surface area contributed by atoms with Crippen molar-refractivity contribution >= 4 is 0 Å². The second-order valence-corrected chi connectivity index (χ2v) is 4.00. The molecule has 0 aromatic heterocycles. The van der Waals surface area contributed by atoms with Crippen molar-refractivity contribution in [3.05, 3.63) is 40.3 Å². The summed E-state index contributed by atoms with van der Waals surface area (Å²) < 4.78 is 5.08. The molecule has 3 nitrogen and oxygen atoms in total. The van der Waals surface area contributed by atoms with Crippen LogP contribution in [0.25, 0.3) is 0 Å². The number of nitrogens with zero attached hydrogens (tertiary/aromatic N) is 1. The van der Waals surface area contributed by atoms with Crippen molar-refractivity contribution < 1.29 is 4.74 Å². The normalized spacial score (nSPS) is 12.4. The van der Waals surface area contributed by atoms with E-state index < -0.39 is 0 Å². The summed E-state index contributed by atoms with van der Waals surface area (Å²) in [7, 11) is 1.68. The smallest absolute Gasteiger partial charge is 0.0959 e. The van der Waals surface area contributed by atoms with Gasteiger partial charge >= 0.3 is 0 Å². The molecular weight excluding hydrogens is 202 g/mol. The quantitative estimate of drug-likeness (QED) is 0.662. The van der Waals surface area contributed by atoms with Crippen molar-refractivity contribution in [2.45, 2.75) is 38.8 Å². The second kappa shape index (κ2) is 7.12. The van der Waals surface area contributed by atoms with Crippen LogP contribution < -0.4 is 0 Å². The lowest BCUT2D eigenvalue weighted by atomic mass is 10.0. The highest BCUT2D eigenvalue weighted by Gasteiger charge is 2.08. The molecule has 1 atom stereocenters. The number of hydrogen-bond donors (Lipinski definition) is 0. The van der Waals surface area contributed by atoms with Gasteiger partial charge in [0.1, 0.15) is 0 Å². The van der Waals surface area contributed by atoms with Gasteiger partial charge in [0.15, 0.2) is 0 Å². The summed E-state index contributed by atoms with van der Waals surface area (Å²) in [6.07, 6.45) is 2.58. The van der Waals surface area contributed by atoms with E-state index in [0.29, 0.717) is 6.61 Å². The van der Waals surface area contributed by atoms with Crippen LogP contribution in [0.4, 0.5) is 0 Å². The van der Waals surface area contributed by atoms with Gasteiger partial charge in [-0.1, -0.05) is 42.8 Å². The molecule has 0 aliphatic heterocycles. The zero-order chi connectivity index (χ0) is 11.8. The fourth-order valence-corrected chi connectivity index (χ4v) is 1.81. The average molecular weight is 221 g/mol. The fourth-order valence-electron chi connectivity index (χ4n) is 1.81. The van der Waals surface area contributed by atoms with Crippen LogP contribution in [-0.4, -0.2) is 13.2 Å². The van der Waals surface area contributed by atoms with Crippen molar-refractivity contribution in [1.82, 2.24) is 0 Å². The predicted molar refractivity (Wildman–Crippen MR) is 65.4 cm³/mol. The Morgan fingerprint density at radius 3 is 2.75 bits per heavy atom. The first kappa shape index (κ1) is 12.8. The Labute approximate surface area is 96.8 Å². The maximum absolute atomic E-state index is 10.6. The van der Waals surface area contributed by atoms with Crippen LogP contribution in [0.5, 0.6) is 0 Å². The van der Waals surface area contributed by atoms with Gasteiger partial charge in [0, 0.05) is 7.11 Å². The number of ether oxygens (including phenoxy) is 1.